The number of carbonyl (C=O) groups excluding carboxylic acids is 1. The van der Waals surface area contributed by atoms with Gasteiger partial charge in [0.15, 0.2) is 5.76 Å². The number of rotatable bonds is 5. The van der Waals surface area contributed by atoms with E-state index in [1.807, 2.05) is 6.92 Å². The Balaban J connectivity index is 2.76. The van der Waals surface area contributed by atoms with Crippen LogP contribution in [0.4, 0.5) is 0 Å². The first-order valence-electron chi connectivity index (χ1n) is 5.52. The Bertz CT molecular complexity index is 347. The number of furan rings is 1. The fraction of sp³-hybridized carbons (Fsp3) is 0.583. The Morgan fingerprint density at radius 2 is 2.06 bits per heavy atom. The van der Waals surface area contributed by atoms with Crippen molar-refractivity contribution < 1.29 is 9.21 Å². The highest BCUT2D eigenvalue weighted by atomic mass is 79.9. The molecular weight excluding hydrogens is 270 g/mol. The Labute approximate surface area is 105 Å². The minimum absolute atomic E-state index is 0.142. The molecule has 0 aliphatic carbocycles. The average Bonchev–Trinajstić information content (AvgIpc) is 2.73. The highest BCUT2D eigenvalue weighted by Crippen LogP contribution is 2.19. The maximum absolute atomic E-state index is 11.9. The van der Waals surface area contributed by atoms with Crippen molar-refractivity contribution in [2.75, 3.05) is 5.33 Å². The van der Waals surface area contributed by atoms with Gasteiger partial charge in [0, 0.05) is 10.9 Å². The summed E-state index contributed by atoms with van der Waals surface area (Å²) in [5, 5.41) is 3.78. The van der Waals surface area contributed by atoms with Crippen molar-refractivity contribution >= 4 is 21.8 Å². The lowest BCUT2D eigenvalue weighted by atomic mass is 9.95. The number of alkyl halides is 1. The van der Waals surface area contributed by atoms with E-state index in [-0.39, 0.29) is 11.4 Å². The number of amides is 1. The van der Waals surface area contributed by atoms with E-state index in [1.165, 1.54) is 0 Å². The monoisotopic (exact) mass is 287 g/mol. The maximum atomic E-state index is 11.9. The topological polar surface area (TPSA) is 42.2 Å². The molecule has 1 amide bonds. The quantitative estimate of drug-likeness (QED) is 0.845. The summed E-state index contributed by atoms with van der Waals surface area (Å²) in [6.07, 6.45) is 1.78. The van der Waals surface area contributed by atoms with Gasteiger partial charge in [0.1, 0.15) is 5.76 Å². The van der Waals surface area contributed by atoms with E-state index in [1.54, 1.807) is 12.1 Å². The molecule has 1 aromatic heterocycles. The predicted octanol–water partition coefficient (Wildman–Crippen LogP) is 3.27. The van der Waals surface area contributed by atoms with Gasteiger partial charge in [0.2, 0.25) is 0 Å². The van der Waals surface area contributed by atoms with Gasteiger partial charge in [-0.25, -0.2) is 0 Å². The Morgan fingerprint density at radius 1 is 1.44 bits per heavy atom. The molecule has 1 N–H and O–H groups in total. The van der Waals surface area contributed by atoms with Crippen LogP contribution in [0.15, 0.2) is 16.5 Å². The summed E-state index contributed by atoms with van der Waals surface area (Å²) in [7, 11) is 0. The van der Waals surface area contributed by atoms with Gasteiger partial charge in [-0.15, -0.1) is 0 Å². The van der Waals surface area contributed by atoms with Crippen LogP contribution < -0.4 is 5.32 Å². The summed E-state index contributed by atoms with van der Waals surface area (Å²) in [6.45, 7) is 5.96. The van der Waals surface area contributed by atoms with Crippen molar-refractivity contribution in [3.05, 3.63) is 23.7 Å². The molecule has 0 aromatic carbocycles. The van der Waals surface area contributed by atoms with Gasteiger partial charge in [-0.1, -0.05) is 29.8 Å². The Morgan fingerprint density at radius 3 is 2.44 bits per heavy atom. The SMILES string of the molecule is CCC(CC)(CBr)NC(=O)c1ccc(C)o1. The lowest BCUT2D eigenvalue weighted by Crippen LogP contribution is -2.49. The molecule has 1 heterocycles. The van der Waals surface area contributed by atoms with E-state index in [9.17, 15) is 4.79 Å². The molecule has 0 spiro atoms. The standard InChI is InChI=1S/C12H18BrNO2/c1-4-12(5-2,8-13)14-11(15)10-7-6-9(3)16-10/h6-7H,4-5,8H2,1-3H3,(H,14,15). The van der Waals surface area contributed by atoms with Crippen LogP contribution in [-0.4, -0.2) is 16.8 Å². The molecule has 4 heteroatoms. The lowest BCUT2D eigenvalue weighted by molar-refractivity contribution is 0.0874. The van der Waals surface area contributed by atoms with Crippen LogP contribution in [-0.2, 0) is 0 Å². The third kappa shape index (κ3) is 2.88. The first-order valence-corrected chi connectivity index (χ1v) is 6.64. The van der Waals surface area contributed by atoms with Crippen molar-refractivity contribution in [1.82, 2.24) is 5.32 Å². The molecule has 16 heavy (non-hydrogen) atoms. The zero-order valence-electron chi connectivity index (χ0n) is 9.97. The van der Waals surface area contributed by atoms with Crippen LogP contribution in [0.1, 0.15) is 43.0 Å². The maximum Gasteiger partial charge on any atom is 0.287 e. The number of nitrogens with one attached hydrogen (secondary N) is 1. The molecule has 1 aromatic rings. The molecule has 0 atom stereocenters. The fourth-order valence-corrected chi connectivity index (χ4v) is 2.44. The molecule has 3 nitrogen and oxygen atoms in total. The molecule has 0 saturated heterocycles. The highest BCUT2D eigenvalue weighted by Gasteiger charge is 2.28. The molecule has 0 fully saturated rings. The Hall–Kier alpha value is -0.770. The normalized spacial score (nSPS) is 11.5. The van der Waals surface area contributed by atoms with E-state index in [0.29, 0.717) is 5.76 Å². The number of hydrogen-bond donors (Lipinski definition) is 1. The number of carbonyl (C=O) groups is 1. The summed E-state index contributed by atoms with van der Waals surface area (Å²) >= 11 is 3.45. The van der Waals surface area contributed by atoms with E-state index in [2.05, 4.69) is 35.1 Å². The zero-order valence-corrected chi connectivity index (χ0v) is 11.6. The zero-order chi connectivity index (χ0) is 12.2. The van der Waals surface area contributed by atoms with Gasteiger partial charge in [0.05, 0.1) is 0 Å². The molecule has 0 bridgehead atoms. The average molecular weight is 288 g/mol. The van der Waals surface area contributed by atoms with Crippen LogP contribution in [0.3, 0.4) is 0 Å². The molecule has 1 rings (SSSR count). The molecule has 0 aliphatic heterocycles. The van der Waals surface area contributed by atoms with Crippen LogP contribution in [0.2, 0.25) is 0 Å². The van der Waals surface area contributed by atoms with E-state index >= 15 is 0 Å². The minimum atomic E-state index is -0.183. The number of halogens is 1. The first-order chi connectivity index (χ1) is 7.56. The summed E-state index contributed by atoms with van der Waals surface area (Å²) in [5.41, 5.74) is -0.183. The predicted molar refractivity (Wildman–Crippen MR) is 68.0 cm³/mol. The molecule has 0 aliphatic rings. The largest absolute Gasteiger partial charge is 0.456 e. The van der Waals surface area contributed by atoms with Gasteiger partial charge in [-0.05, 0) is 31.9 Å². The van der Waals surface area contributed by atoms with Gasteiger partial charge in [0.25, 0.3) is 5.91 Å². The Kier molecular flexibility index (Phi) is 4.59. The summed E-state index contributed by atoms with van der Waals surface area (Å²) < 4.78 is 5.30. The number of aryl methyl sites for hydroxylation is 1. The van der Waals surface area contributed by atoms with Crippen molar-refractivity contribution in [3.8, 4) is 0 Å². The van der Waals surface area contributed by atoms with E-state index in [0.717, 1.165) is 23.9 Å². The third-order valence-electron chi connectivity index (χ3n) is 2.95. The van der Waals surface area contributed by atoms with Crippen molar-refractivity contribution in [1.29, 1.82) is 0 Å². The van der Waals surface area contributed by atoms with Gasteiger partial charge >= 0.3 is 0 Å². The molecular formula is C12H18BrNO2. The van der Waals surface area contributed by atoms with Gasteiger partial charge in [-0.3, -0.25) is 4.79 Å². The summed E-state index contributed by atoms with van der Waals surface area (Å²) in [4.78, 5) is 11.9. The van der Waals surface area contributed by atoms with Gasteiger partial charge in [-0.2, -0.15) is 0 Å². The first kappa shape index (κ1) is 13.3. The van der Waals surface area contributed by atoms with Crippen molar-refractivity contribution in [2.24, 2.45) is 0 Å². The van der Waals surface area contributed by atoms with Crippen LogP contribution >= 0.6 is 15.9 Å². The second-order valence-electron chi connectivity index (χ2n) is 3.99. The number of hydrogen-bond acceptors (Lipinski definition) is 2. The molecule has 0 radical (unpaired) electrons. The fourth-order valence-electron chi connectivity index (χ4n) is 1.51. The van der Waals surface area contributed by atoms with Gasteiger partial charge < -0.3 is 9.73 Å². The van der Waals surface area contributed by atoms with Crippen molar-refractivity contribution in [3.63, 3.8) is 0 Å². The molecule has 0 saturated carbocycles. The highest BCUT2D eigenvalue weighted by molar-refractivity contribution is 9.09. The van der Waals surface area contributed by atoms with Crippen molar-refractivity contribution in [2.45, 2.75) is 39.2 Å². The van der Waals surface area contributed by atoms with Crippen LogP contribution in [0.5, 0.6) is 0 Å². The summed E-state index contributed by atoms with van der Waals surface area (Å²) in [5.74, 6) is 0.989. The second kappa shape index (κ2) is 5.53. The van der Waals surface area contributed by atoms with E-state index in [4.69, 9.17) is 4.42 Å². The third-order valence-corrected chi connectivity index (χ3v) is 4.03. The lowest BCUT2D eigenvalue weighted by Gasteiger charge is -2.30. The smallest absolute Gasteiger partial charge is 0.287 e. The molecule has 90 valence electrons. The van der Waals surface area contributed by atoms with Crippen LogP contribution in [0.25, 0.3) is 0 Å². The summed E-state index contributed by atoms with van der Waals surface area (Å²) in [6, 6.07) is 3.50. The van der Waals surface area contributed by atoms with Crippen LogP contribution in [0, 0.1) is 6.92 Å². The van der Waals surface area contributed by atoms with E-state index < -0.39 is 0 Å². The second-order valence-corrected chi connectivity index (χ2v) is 4.55. The minimum Gasteiger partial charge on any atom is -0.456 e. The molecule has 0 unspecified atom stereocenters.